The molecule has 1 aromatic rings. The van der Waals surface area contributed by atoms with E-state index < -0.39 is 27.5 Å². The lowest BCUT2D eigenvalue weighted by Crippen LogP contribution is -2.13. The molecule has 78 valence electrons. The average molecular weight is 218 g/mol. The highest BCUT2D eigenvalue weighted by Crippen LogP contribution is 2.17. The summed E-state index contributed by atoms with van der Waals surface area (Å²) in [6.07, 6.45) is -0.303. The predicted octanol–water partition coefficient (Wildman–Crippen LogP) is 0.904. The highest BCUT2D eigenvalue weighted by atomic mass is 32.2. The Bertz CT molecular complexity index is 414. The van der Waals surface area contributed by atoms with Crippen LogP contribution in [0.15, 0.2) is 24.3 Å². The van der Waals surface area contributed by atoms with Gasteiger partial charge in [0, 0.05) is 11.8 Å². The van der Waals surface area contributed by atoms with Gasteiger partial charge in [-0.1, -0.05) is 18.2 Å². The van der Waals surface area contributed by atoms with Crippen molar-refractivity contribution >= 4 is 9.84 Å². The molecule has 1 aromatic carbocycles. The Kier molecular flexibility index (Phi) is 3.23. The molecule has 1 rings (SSSR count). The lowest BCUT2D eigenvalue weighted by atomic mass is 10.1. The van der Waals surface area contributed by atoms with E-state index in [1.807, 2.05) is 0 Å². The molecule has 3 nitrogen and oxygen atoms in total. The third-order valence-corrected chi connectivity index (χ3v) is 2.65. The van der Waals surface area contributed by atoms with E-state index in [2.05, 4.69) is 0 Å². The topological polar surface area (TPSA) is 54.4 Å². The summed E-state index contributed by atoms with van der Waals surface area (Å²) in [7, 11) is -3.30. The van der Waals surface area contributed by atoms with Crippen molar-refractivity contribution < 1.29 is 17.9 Å². The second-order valence-corrected chi connectivity index (χ2v) is 5.31. The van der Waals surface area contributed by atoms with Crippen molar-refractivity contribution in [2.24, 2.45) is 0 Å². The molecule has 0 radical (unpaired) electrons. The SMILES string of the molecule is CS(=O)(=O)C[C@@H](O)c1ccccc1F. The van der Waals surface area contributed by atoms with Crippen LogP contribution in [0.5, 0.6) is 0 Å². The van der Waals surface area contributed by atoms with Crippen molar-refractivity contribution in [3.8, 4) is 0 Å². The van der Waals surface area contributed by atoms with Crippen molar-refractivity contribution in [3.05, 3.63) is 35.6 Å². The van der Waals surface area contributed by atoms with Crippen LogP contribution in [-0.4, -0.2) is 25.5 Å². The molecule has 0 aliphatic rings. The lowest BCUT2D eigenvalue weighted by Gasteiger charge is -2.09. The quantitative estimate of drug-likeness (QED) is 0.820. The Morgan fingerprint density at radius 2 is 2.00 bits per heavy atom. The maximum absolute atomic E-state index is 13.1. The number of rotatable bonds is 3. The Labute approximate surface area is 82.1 Å². The fourth-order valence-electron chi connectivity index (χ4n) is 1.12. The van der Waals surface area contributed by atoms with E-state index in [1.54, 1.807) is 6.07 Å². The summed E-state index contributed by atoms with van der Waals surface area (Å²) in [5.41, 5.74) is 0.0120. The first-order valence-electron chi connectivity index (χ1n) is 4.00. The first kappa shape index (κ1) is 11.1. The Balaban J connectivity index is 2.90. The minimum Gasteiger partial charge on any atom is -0.387 e. The van der Waals surface area contributed by atoms with Gasteiger partial charge in [0.1, 0.15) is 15.7 Å². The van der Waals surface area contributed by atoms with Gasteiger partial charge in [0.25, 0.3) is 0 Å². The largest absolute Gasteiger partial charge is 0.387 e. The van der Waals surface area contributed by atoms with Crippen LogP contribution in [0.4, 0.5) is 4.39 Å². The van der Waals surface area contributed by atoms with Crippen LogP contribution in [0, 0.1) is 5.82 Å². The molecule has 0 heterocycles. The first-order valence-corrected chi connectivity index (χ1v) is 6.06. The number of sulfone groups is 1. The summed E-state index contributed by atoms with van der Waals surface area (Å²) < 4.78 is 34.7. The van der Waals surface area contributed by atoms with E-state index in [9.17, 15) is 17.9 Å². The van der Waals surface area contributed by atoms with Crippen molar-refractivity contribution in [1.82, 2.24) is 0 Å². The van der Waals surface area contributed by atoms with Crippen molar-refractivity contribution in [2.45, 2.75) is 6.10 Å². The van der Waals surface area contributed by atoms with E-state index in [4.69, 9.17) is 0 Å². The number of hydrogen-bond acceptors (Lipinski definition) is 3. The van der Waals surface area contributed by atoms with Gasteiger partial charge in [-0.05, 0) is 6.07 Å². The molecule has 5 heteroatoms. The van der Waals surface area contributed by atoms with Crippen LogP contribution >= 0.6 is 0 Å². The zero-order valence-electron chi connectivity index (χ0n) is 7.64. The average Bonchev–Trinajstić information content (AvgIpc) is 2.01. The second kappa shape index (κ2) is 4.06. The number of aliphatic hydroxyl groups excluding tert-OH is 1. The lowest BCUT2D eigenvalue weighted by molar-refractivity contribution is 0.197. The molecule has 0 aliphatic carbocycles. The number of hydrogen-bond donors (Lipinski definition) is 1. The normalized spacial score (nSPS) is 13.9. The van der Waals surface area contributed by atoms with E-state index in [0.717, 1.165) is 6.26 Å². The Morgan fingerprint density at radius 3 is 2.50 bits per heavy atom. The molecule has 0 unspecified atom stereocenters. The molecular formula is C9H11FO3S. The summed E-state index contributed by atoms with van der Waals surface area (Å²) in [6, 6.07) is 5.57. The monoisotopic (exact) mass is 218 g/mol. The van der Waals surface area contributed by atoms with Gasteiger partial charge in [0.2, 0.25) is 0 Å². The van der Waals surface area contributed by atoms with E-state index in [1.165, 1.54) is 18.2 Å². The standard InChI is InChI=1S/C9H11FO3S/c1-14(12,13)6-9(11)7-4-2-3-5-8(7)10/h2-5,9,11H,6H2,1H3/t9-/m1/s1. The van der Waals surface area contributed by atoms with Crippen molar-refractivity contribution in [3.63, 3.8) is 0 Å². The fourth-order valence-corrected chi connectivity index (χ4v) is 1.87. The third-order valence-electron chi connectivity index (χ3n) is 1.72. The number of halogens is 1. The van der Waals surface area contributed by atoms with Gasteiger partial charge in [-0.25, -0.2) is 12.8 Å². The number of aliphatic hydroxyl groups is 1. The highest BCUT2D eigenvalue weighted by Gasteiger charge is 2.17. The maximum atomic E-state index is 13.1. The van der Waals surface area contributed by atoms with Crippen LogP contribution in [0.2, 0.25) is 0 Å². The molecule has 14 heavy (non-hydrogen) atoms. The molecule has 0 saturated carbocycles. The fraction of sp³-hybridized carbons (Fsp3) is 0.333. The number of benzene rings is 1. The van der Waals surface area contributed by atoms with Crippen LogP contribution in [0.25, 0.3) is 0 Å². The smallest absolute Gasteiger partial charge is 0.150 e. The molecule has 1 atom stereocenters. The highest BCUT2D eigenvalue weighted by molar-refractivity contribution is 7.90. The molecule has 0 fully saturated rings. The van der Waals surface area contributed by atoms with Gasteiger partial charge in [-0.15, -0.1) is 0 Å². The summed E-state index contributed by atoms with van der Waals surface area (Å²) in [5, 5.41) is 9.42. The van der Waals surface area contributed by atoms with Gasteiger partial charge >= 0.3 is 0 Å². The molecule has 0 saturated heterocycles. The van der Waals surface area contributed by atoms with Crippen molar-refractivity contribution in [1.29, 1.82) is 0 Å². The van der Waals surface area contributed by atoms with Crippen LogP contribution < -0.4 is 0 Å². The van der Waals surface area contributed by atoms with Gasteiger partial charge < -0.3 is 5.11 Å². The summed E-state index contributed by atoms with van der Waals surface area (Å²) in [4.78, 5) is 0. The molecule has 0 bridgehead atoms. The molecular weight excluding hydrogens is 207 g/mol. The van der Waals surface area contributed by atoms with Gasteiger partial charge in [-0.3, -0.25) is 0 Å². The van der Waals surface area contributed by atoms with Gasteiger partial charge in [0.05, 0.1) is 11.9 Å². The zero-order chi connectivity index (χ0) is 10.8. The predicted molar refractivity (Wildman–Crippen MR) is 51.1 cm³/mol. The summed E-state index contributed by atoms with van der Waals surface area (Å²) in [6.45, 7) is 0. The molecule has 0 amide bonds. The third kappa shape index (κ3) is 3.08. The minimum absolute atomic E-state index is 0.0120. The molecule has 0 aliphatic heterocycles. The van der Waals surface area contributed by atoms with Crippen LogP contribution in [-0.2, 0) is 9.84 Å². The van der Waals surface area contributed by atoms with Gasteiger partial charge in [0.15, 0.2) is 0 Å². The first-order chi connectivity index (χ1) is 6.40. The zero-order valence-corrected chi connectivity index (χ0v) is 8.46. The van der Waals surface area contributed by atoms with E-state index in [-0.39, 0.29) is 5.56 Å². The van der Waals surface area contributed by atoms with E-state index >= 15 is 0 Å². The maximum Gasteiger partial charge on any atom is 0.150 e. The molecule has 0 aromatic heterocycles. The van der Waals surface area contributed by atoms with E-state index in [0.29, 0.717) is 0 Å². The second-order valence-electron chi connectivity index (χ2n) is 3.13. The summed E-state index contributed by atoms with van der Waals surface area (Å²) >= 11 is 0. The van der Waals surface area contributed by atoms with Crippen molar-refractivity contribution in [2.75, 3.05) is 12.0 Å². The van der Waals surface area contributed by atoms with Crippen LogP contribution in [0.1, 0.15) is 11.7 Å². The Hall–Kier alpha value is -0.940. The van der Waals surface area contributed by atoms with Crippen LogP contribution in [0.3, 0.4) is 0 Å². The minimum atomic E-state index is -3.30. The summed E-state index contributed by atoms with van der Waals surface area (Å²) in [5.74, 6) is -1.06. The Morgan fingerprint density at radius 1 is 1.43 bits per heavy atom. The molecule has 1 N–H and O–H groups in total. The molecule has 0 spiro atoms. The van der Waals surface area contributed by atoms with Gasteiger partial charge in [-0.2, -0.15) is 0 Å².